The molecule has 2 rings (SSSR count). The lowest BCUT2D eigenvalue weighted by Gasteiger charge is -2.37. The fourth-order valence-corrected chi connectivity index (χ4v) is 2.73. The summed E-state index contributed by atoms with van der Waals surface area (Å²) in [6, 6.07) is 2.32. The molecule has 0 saturated heterocycles. The summed E-state index contributed by atoms with van der Waals surface area (Å²) in [6.07, 6.45) is 4.29. The highest BCUT2D eigenvalue weighted by molar-refractivity contribution is 5.06. The molecule has 0 N–H and O–H groups in total. The molecule has 2 saturated carbocycles. The number of nitriles is 1. The van der Waals surface area contributed by atoms with E-state index in [1.807, 2.05) is 0 Å². The molecule has 1 nitrogen and oxygen atoms in total. The van der Waals surface area contributed by atoms with Gasteiger partial charge in [-0.25, -0.2) is 8.78 Å². The molecule has 0 aromatic rings. The SMILES string of the molecule is N#CC1(CC2CCC(F)(F)C2)CCC1. The van der Waals surface area contributed by atoms with Gasteiger partial charge in [0, 0.05) is 12.8 Å². The molecule has 0 aromatic heterocycles. The number of halogens is 2. The van der Waals surface area contributed by atoms with E-state index >= 15 is 0 Å². The van der Waals surface area contributed by atoms with Gasteiger partial charge in [-0.2, -0.15) is 5.26 Å². The van der Waals surface area contributed by atoms with Gasteiger partial charge in [0.25, 0.3) is 0 Å². The monoisotopic (exact) mass is 199 g/mol. The Hall–Kier alpha value is -0.650. The Kier molecular flexibility index (Phi) is 2.25. The zero-order valence-corrected chi connectivity index (χ0v) is 8.23. The van der Waals surface area contributed by atoms with Crippen LogP contribution in [-0.2, 0) is 0 Å². The molecule has 78 valence electrons. The van der Waals surface area contributed by atoms with E-state index < -0.39 is 5.92 Å². The molecule has 1 unspecified atom stereocenters. The lowest BCUT2D eigenvalue weighted by Crippen LogP contribution is -2.29. The van der Waals surface area contributed by atoms with Gasteiger partial charge in [-0.05, 0) is 31.6 Å². The van der Waals surface area contributed by atoms with Gasteiger partial charge < -0.3 is 0 Å². The van der Waals surface area contributed by atoms with E-state index in [9.17, 15) is 8.78 Å². The van der Waals surface area contributed by atoms with Crippen molar-refractivity contribution >= 4 is 0 Å². The van der Waals surface area contributed by atoms with Crippen molar-refractivity contribution in [2.45, 2.75) is 50.9 Å². The Morgan fingerprint density at radius 3 is 2.36 bits per heavy atom. The second-order valence-corrected chi connectivity index (χ2v) is 4.91. The maximum absolute atomic E-state index is 12.9. The van der Waals surface area contributed by atoms with Crippen LogP contribution < -0.4 is 0 Å². The Morgan fingerprint density at radius 1 is 1.29 bits per heavy atom. The van der Waals surface area contributed by atoms with Crippen LogP contribution in [0.5, 0.6) is 0 Å². The van der Waals surface area contributed by atoms with Crippen molar-refractivity contribution in [1.29, 1.82) is 5.26 Å². The first-order chi connectivity index (χ1) is 6.55. The number of hydrogen-bond donors (Lipinski definition) is 0. The Labute approximate surface area is 83.1 Å². The molecule has 1 atom stereocenters. The highest BCUT2D eigenvalue weighted by Gasteiger charge is 2.45. The maximum atomic E-state index is 12.9. The zero-order valence-electron chi connectivity index (χ0n) is 8.23. The Bertz CT molecular complexity index is 263. The zero-order chi connectivity index (χ0) is 10.2. The third kappa shape index (κ3) is 1.75. The largest absolute Gasteiger partial charge is 0.248 e. The summed E-state index contributed by atoms with van der Waals surface area (Å²) >= 11 is 0. The van der Waals surface area contributed by atoms with Crippen molar-refractivity contribution in [2.24, 2.45) is 11.3 Å². The van der Waals surface area contributed by atoms with E-state index in [1.165, 1.54) is 0 Å². The number of alkyl halides is 2. The van der Waals surface area contributed by atoms with E-state index in [1.54, 1.807) is 0 Å². The minimum Gasteiger partial charge on any atom is -0.207 e. The fraction of sp³-hybridized carbons (Fsp3) is 0.909. The fourth-order valence-electron chi connectivity index (χ4n) is 2.73. The molecule has 2 aliphatic rings. The van der Waals surface area contributed by atoms with Crippen molar-refractivity contribution in [3.63, 3.8) is 0 Å². The average Bonchev–Trinajstić information content (AvgIpc) is 2.38. The predicted octanol–water partition coefficient (Wildman–Crippen LogP) is 3.51. The highest BCUT2D eigenvalue weighted by atomic mass is 19.3. The van der Waals surface area contributed by atoms with Crippen LogP contribution in [0.2, 0.25) is 0 Å². The molecular formula is C11H15F2N. The summed E-state index contributed by atoms with van der Waals surface area (Å²) in [5.74, 6) is -2.37. The van der Waals surface area contributed by atoms with Crippen LogP contribution in [0, 0.1) is 22.7 Å². The number of hydrogen-bond acceptors (Lipinski definition) is 1. The lowest BCUT2D eigenvalue weighted by molar-refractivity contribution is 0.00210. The van der Waals surface area contributed by atoms with E-state index in [0.717, 1.165) is 19.3 Å². The minimum atomic E-state index is -2.45. The minimum absolute atomic E-state index is 0.0103. The van der Waals surface area contributed by atoms with Gasteiger partial charge in [-0.3, -0.25) is 0 Å². The summed E-state index contributed by atoms with van der Waals surface area (Å²) in [5.41, 5.74) is -0.231. The van der Waals surface area contributed by atoms with Gasteiger partial charge in [0.15, 0.2) is 0 Å². The van der Waals surface area contributed by atoms with Crippen molar-refractivity contribution < 1.29 is 8.78 Å². The molecule has 14 heavy (non-hydrogen) atoms. The molecule has 3 heteroatoms. The molecule has 2 aliphatic carbocycles. The topological polar surface area (TPSA) is 23.8 Å². The van der Waals surface area contributed by atoms with Crippen LogP contribution >= 0.6 is 0 Å². The van der Waals surface area contributed by atoms with Crippen LogP contribution in [-0.4, -0.2) is 5.92 Å². The van der Waals surface area contributed by atoms with Gasteiger partial charge in [-0.1, -0.05) is 6.42 Å². The molecule has 0 bridgehead atoms. The normalized spacial score (nSPS) is 33.4. The molecule has 0 aromatic carbocycles. The van der Waals surface area contributed by atoms with Crippen LogP contribution in [0.4, 0.5) is 8.78 Å². The first-order valence-electron chi connectivity index (χ1n) is 5.34. The van der Waals surface area contributed by atoms with E-state index in [4.69, 9.17) is 5.26 Å². The smallest absolute Gasteiger partial charge is 0.207 e. The third-order valence-electron chi connectivity index (χ3n) is 3.73. The van der Waals surface area contributed by atoms with Crippen molar-refractivity contribution in [3.05, 3.63) is 0 Å². The van der Waals surface area contributed by atoms with Gasteiger partial charge in [-0.15, -0.1) is 0 Å². The van der Waals surface area contributed by atoms with Gasteiger partial charge in [0.1, 0.15) is 0 Å². The summed E-state index contributed by atoms with van der Waals surface area (Å²) < 4.78 is 25.8. The maximum Gasteiger partial charge on any atom is 0.248 e. The Morgan fingerprint density at radius 2 is 2.00 bits per heavy atom. The molecule has 0 heterocycles. The Balaban J connectivity index is 1.90. The number of rotatable bonds is 2. The highest BCUT2D eigenvalue weighted by Crippen LogP contribution is 2.50. The quantitative estimate of drug-likeness (QED) is 0.667. The summed E-state index contributed by atoms with van der Waals surface area (Å²) in [4.78, 5) is 0. The van der Waals surface area contributed by atoms with Gasteiger partial charge in [0.2, 0.25) is 5.92 Å². The first-order valence-corrected chi connectivity index (χ1v) is 5.34. The van der Waals surface area contributed by atoms with Gasteiger partial charge >= 0.3 is 0 Å². The summed E-state index contributed by atoms with van der Waals surface area (Å²) in [7, 11) is 0. The van der Waals surface area contributed by atoms with Crippen LogP contribution in [0.1, 0.15) is 44.9 Å². The van der Waals surface area contributed by atoms with E-state index in [0.29, 0.717) is 12.8 Å². The number of nitrogens with zero attached hydrogens (tertiary/aromatic N) is 1. The van der Waals surface area contributed by atoms with Crippen molar-refractivity contribution in [2.75, 3.05) is 0 Å². The second kappa shape index (κ2) is 3.18. The standard InChI is InChI=1S/C11H15F2N/c12-11(13)5-2-9(7-11)6-10(8-14)3-1-4-10/h9H,1-7H2. The molecular weight excluding hydrogens is 184 g/mol. The first kappa shape index (κ1) is 9.89. The van der Waals surface area contributed by atoms with E-state index in [-0.39, 0.29) is 24.2 Å². The molecule has 0 aliphatic heterocycles. The van der Waals surface area contributed by atoms with Gasteiger partial charge in [0.05, 0.1) is 11.5 Å². The van der Waals surface area contributed by atoms with Crippen LogP contribution in [0.3, 0.4) is 0 Å². The lowest BCUT2D eigenvalue weighted by atomic mass is 9.65. The average molecular weight is 199 g/mol. The summed E-state index contributed by atoms with van der Waals surface area (Å²) in [6.45, 7) is 0. The molecule has 0 spiro atoms. The molecule has 0 radical (unpaired) electrons. The third-order valence-corrected chi connectivity index (χ3v) is 3.73. The van der Waals surface area contributed by atoms with Crippen LogP contribution in [0.25, 0.3) is 0 Å². The summed E-state index contributed by atoms with van der Waals surface area (Å²) in [5, 5.41) is 8.99. The second-order valence-electron chi connectivity index (χ2n) is 4.91. The van der Waals surface area contributed by atoms with E-state index in [2.05, 4.69) is 6.07 Å². The predicted molar refractivity (Wildman–Crippen MR) is 48.8 cm³/mol. The molecule has 2 fully saturated rings. The van der Waals surface area contributed by atoms with Crippen molar-refractivity contribution in [3.8, 4) is 6.07 Å². The van der Waals surface area contributed by atoms with Crippen molar-refractivity contribution in [1.82, 2.24) is 0 Å². The van der Waals surface area contributed by atoms with Crippen LogP contribution in [0.15, 0.2) is 0 Å². The molecule has 0 amide bonds.